The maximum Gasteiger partial charge on any atom is 0.303 e. The molecule has 0 fully saturated rings. The molecule has 1 rings (SSSR count). The van der Waals surface area contributed by atoms with Gasteiger partial charge in [-0.15, -0.1) is 0 Å². The summed E-state index contributed by atoms with van der Waals surface area (Å²) >= 11 is 0. The van der Waals surface area contributed by atoms with E-state index in [1.807, 2.05) is 0 Å². The van der Waals surface area contributed by atoms with Crippen molar-refractivity contribution in [1.82, 2.24) is 5.32 Å². The lowest BCUT2D eigenvalue weighted by Gasteiger charge is -2.06. The third-order valence-corrected chi connectivity index (χ3v) is 3.13. The number of nitrogens with one attached hydrogen (secondary N) is 2. The van der Waals surface area contributed by atoms with Crippen LogP contribution in [0.15, 0.2) is 23.9 Å². The molecule has 25 heavy (non-hydrogen) atoms. The SMILES string of the molecule is N#C/C(=C/Nc1ccc(F)c(F)c1F)C(=O)NCCCCCC(=O)O. The monoisotopic (exact) mass is 355 g/mol. The van der Waals surface area contributed by atoms with E-state index in [0.717, 1.165) is 12.3 Å². The van der Waals surface area contributed by atoms with Crippen LogP contribution in [0, 0.1) is 28.8 Å². The van der Waals surface area contributed by atoms with Crippen molar-refractivity contribution < 1.29 is 27.9 Å². The third kappa shape index (κ3) is 6.55. The van der Waals surface area contributed by atoms with Crippen LogP contribution < -0.4 is 10.6 Å². The molecule has 134 valence electrons. The molecule has 6 nitrogen and oxygen atoms in total. The molecule has 3 N–H and O–H groups in total. The van der Waals surface area contributed by atoms with Gasteiger partial charge in [0.15, 0.2) is 17.5 Å². The molecular formula is C16H16F3N3O3. The summed E-state index contributed by atoms with van der Waals surface area (Å²) < 4.78 is 39.4. The number of halogens is 3. The minimum Gasteiger partial charge on any atom is -0.481 e. The number of carboxylic acid groups (broad SMARTS) is 1. The fourth-order valence-corrected chi connectivity index (χ4v) is 1.81. The first-order valence-electron chi connectivity index (χ1n) is 7.37. The molecule has 0 spiro atoms. The highest BCUT2D eigenvalue weighted by Gasteiger charge is 2.13. The van der Waals surface area contributed by atoms with Crippen molar-refractivity contribution in [3.63, 3.8) is 0 Å². The quantitative estimate of drug-likeness (QED) is 0.274. The number of aliphatic carboxylic acids is 1. The topological polar surface area (TPSA) is 102 Å². The lowest BCUT2D eigenvalue weighted by molar-refractivity contribution is -0.137. The number of hydrogen-bond acceptors (Lipinski definition) is 4. The molecule has 0 aliphatic heterocycles. The van der Waals surface area contributed by atoms with Gasteiger partial charge in [-0.2, -0.15) is 5.26 Å². The number of unbranched alkanes of at least 4 members (excludes halogenated alkanes) is 2. The zero-order valence-electron chi connectivity index (χ0n) is 13.1. The highest BCUT2D eigenvalue weighted by molar-refractivity contribution is 5.97. The number of rotatable bonds is 9. The number of carboxylic acids is 1. The maximum atomic E-state index is 13.5. The minimum absolute atomic E-state index is 0.0427. The molecule has 0 bridgehead atoms. The van der Waals surface area contributed by atoms with Crippen LogP contribution in [-0.4, -0.2) is 23.5 Å². The number of amides is 1. The molecule has 1 aromatic carbocycles. The van der Waals surface area contributed by atoms with E-state index in [1.54, 1.807) is 6.07 Å². The van der Waals surface area contributed by atoms with Gasteiger partial charge in [0.2, 0.25) is 0 Å². The van der Waals surface area contributed by atoms with Crippen molar-refractivity contribution in [2.24, 2.45) is 0 Å². The van der Waals surface area contributed by atoms with Gasteiger partial charge in [0, 0.05) is 19.2 Å². The van der Waals surface area contributed by atoms with Gasteiger partial charge < -0.3 is 15.7 Å². The van der Waals surface area contributed by atoms with Gasteiger partial charge in [-0.25, -0.2) is 13.2 Å². The van der Waals surface area contributed by atoms with E-state index in [2.05, 4.69) is 10.6 Å². The van der Waals surface area contributed by atoms with Crippen molar-refractivity contribution in [2.75, 3.05) is 11.9 Å². The summed E-state index contributed by atoms with van der Waals surface area (Å²) in [5.74, 6) is -6.10. The standard InChI is InChI=1S/C16H16F3N3O3/c17-11-5-6-12(15(19)14(11)18)22-9-10(8-20)16(25)21-7-3-1-2-4-13(23)24/h5-6,9,22H,1-4,7H2,(H,21,25)(H,23,24)/b10-9-. The van der Waals surface area contributed by atoms with E-state index in [0.29, 0.717) is 25.3 Å². The van der Waals surface area contributed by atoms with Gasteiger partial charge in [-0.05, 0) is 25.0 Å². The lowest BCUT2D eigenvalue weighted by Crippen LogP contribution is -2.26. The minimum atomic E-state index is -1.66. The molecule has 0 atom stereocenters. The summed E-state index contributed by atoms with van der Waals surface area (Å²) in [5, 5.41) is 22.1. The van der Waals surface area contributed by atoms with E-state index in [9.17, 15) is 22.8 Å². The van der Waals surface area contributed by atoms with Crippen molar-refractivity contribution in [3.8, 4) is 6.07 Å². The van der Waals surface area contributed by atoms with Crippen LogP contribution >= 0.6 is 0 Å². The zero-order chi connectivity index (χ0) is 18.8. The van der Waals surface area contributed by atoms with E-state index >= 15 is 0 Å². The summed E-state index contributed by atoms with van der Waals surface area (Å²) in [6, 6.07) is 3.24. The number of nitrogens with zero attached hydrogens (tertiary/aromatic N) is 1. The second-order valence-corrected chi connectivity index (χ2v) is 5.00. The highest BCUT2D eigenvalue weighted by Crippen LogP contribution is 2.19. The van der Waals surface area contributed by atoms with Crippen LogP contribution in [-0.2, 0) is 9.59 Å². The second-order valence-electron chi connectivity index (χ2n) is 5.00. The normalized spacial score (nSPS) is 10.9. The van der Waals surface area contributed by atoms with Crippen LogP contribution in [0.3, 0.4) is 0 Å². The molecule has 0 heterocycles. The van der Waals surface area contributed by atoms with E-state index in [4.69, 9.17) is 10.4 Å². The summed E-state index contributed by atoms with van der Waals surface area (Å²) in [7, 11) is 0. The summed E-state index contributed by atoms with van der Waals surface area (Å²) in [5.41, 5.74) is -0.803. The molecule has 1 amide bonds. The van der Waals surface area contributed by atoms with Gasteiger partial charge >= 0.3 is 5.97 Å². The molecule has 0 saturated heterocycles. The van der Waals surface area contributed by atoms with Crippen molar-refractivity contribution in [2.45, 2.75) is 25.7 Å². The van der Waals surface area contributed by atoms with Gasteiger partial charge in [0.05, 0.1) is 5.69 Å². The predicted octanol–water partition coefficient (Wildman–Crippen LogP) is 2.68. The van der Waals surface area contributed by atoms with Crippen LogP contribution in [0.1, 0.15) is 25.7 Å². The van der Waals surface area contributed by atoms with Gasteiger partial charge in [-0.3, -0.25) is 9.59 Å². The average Bonchev–Trinajstić information content (AvgIpc) is 2.57. The Morgan fingerprint density at radius 1 is 1.16 bits per heavy atom. The number of nitriles is 1. The Morgan fingerprint density at radius 2 is 1.88 bits per heavy atom. The number of carbonyl (C=O) groups excluding carboxylic acids is 1. The first kappa shape index (κ1) is 20.0. The number of anilines is 1. The molecule has 0 aliphatic carbocycles. The largest absolute Gasteiger partial charge is 0.481 e. The van der Waals surface area contributed by atoms with E-state index < -0.39 is 35.0 Å². The molecule has 0 radical (unpaired) electrons. The van der Waals surface area contributed by atoms with E-state index in [-0.39, 0.29) is 18.5 Å². The van der Waals surface area contributed by atoms with Crippen LogP contribution in [0.25, 0.3) is 0 Å². The summed E-state index contributed by atoms with van der Waals surface area (Å²) in [6.45, 7) is 0.233. The van der Waals surface area contributed by atoms with Crippen molar-refractivity contribution in [3.05, 3.63) is 41.4 Å². The average molecular weight is 355 g/mol. The molecule has 0 unspecified atom stereocenters. The van der Waals surface area contributed by atoms with Crippen LogP contribution in [0.2, 0.25) is 0 Å². The summed E-state index contributed by atoms with van der Waals surface area (Å²) in [6.07, 6.45) is 2.53. The van der Waals surface area contributed by atoms with Crippen molar-refractivity contribution in [1.29, 1.82) is 5.26 Å². The number of hydrogen-bond donors (Lipinski definition) is 3. The predicted molar refractivity (Wildman–Crippen MR) is 82.7 cm³/mol. The molecule has 0 aromatic heterocycles. The smallest absolute Gasteiger partial charge is 0.303 e. The lowest BCUT2D eigenvalue weighted by atomic mass is 10.2. The van der Waals surface area contributed by atoms with Gasteiger partial charge in [0.1, 0.15) is 11.6 Å². The Labute approximate surface area is 141 Å². The Bertz CT molecular complexity index is 715. The Balaban J connectivity index is 2.53. The molecule has 9 heteroatoms. The number of benzene rings is 1. The van der Waals surface area contributed by atoms with Crippen molar-refractivity contribution >= 4 is 17.6 Å². The molecular weight excluding hydrogens is 339 g/mol. The van der Waals surface area contributed by atoms with Gasteiger partial charge in [0.25, 0.3) is 5.91 Å². The van der Waals surface area contributed by atoms with E-state index in [1.165, 1.54) is 0 Å². The van der Waals surface area contributed by atoms with Crippen LogP contribution in [0.4, 0.5) is 18.9 Å². The molecule has 0 aliphatic rings. The fraction of sp³-hybridized carbons (Fsp3) is 0.312. The first-order chi connectivity index (χ1) is 11.9. The zero-order valence-corrected chi connectivity index (χ0v) is 13.1. The fourth-order valence-electron chi connectivity index (χ4n) is 1.81. The van der Waals surface area contributed by atoms with Crippen LogP contribution in [0.5, 0.6) is 0 Å². The Hall–Kier alpha value is -3.02. The maximum absolute atomic E-state index is 13.5. The molecule has 0 saturated carbocycles. The Kier molecular flexibility index (Phi) is 7.99. The summed E-state index contributed by atoms with van der Waals surface area (Å²) in [4.78, 5) is 22.1. The first-order valence-corrected chi connectivity index (χ1v) is 7.37. The third-order valence-electron chi connectivity index (χ3n) is 3.13. The van der Waals surface area contributed by atoms with Gasteiger partial charge in [-0.1, -0.05) is 6.42 Å². The molecule has 1 aromatic rings. The highest BCUT2D eigenvalue weighted by atomic mass is 19.2. The number of carbonyl (C=O) groups is 2. The Morgan fingerprint density at radius 3 is 2.52 bits per heavy atom. The second kappa shape index (κ2) is 9.97.